The monoisotopic (exact) mass is 347 g/mol. The lowest BCUT2D eigenvalue weighted by Gasteiger charge is -2.37. The number of hydrogen-bond donors (Lipinski definition) is 1. The van der Waals surface area contributed by atoms with E-state index in [4.69, 9.17) is 4.42 Å². The van der Waals surface area contributed by atoms with Gasteiger partial charge in [-0.3, -0.25) is 0 Å². The number of aryl methyl sites for hydroxylation is 2. The zero-order chi connectivity index (χ0) is 17.7. The summed E-state index contributed by atoms with van der Waals surface area (Å²) >= 11 is 0. The number of anilines is 1. The van der Waals surface area contributed by atoms with E-state index in [9.17, 15) is 9.90 Å². The Kier molecular flexibility index (Phi) is 3.61. The van der Waals surface area contributed by atoms with Gasteiger partial charge in [-0.2, -0.15) is 0 Å². The van der Waals surface area contributed by atoms with Crippen molar-refractivity contribution >= 4 is 16.7 Å². The van der Waals surface area contributed by atoms with E-state index in [-0.39, 0.29) is 0 Å². The minimum absolute atomic E-state index is 0.397. The molecule has 132 valence electrons. The average Bonchev–Trinajstić information content (AvgIpc) is 2.68. The van der Waals surface area contributed by atoms with Crippen LogP contribution in [0.15, 0.2) is 51.7 Å². The molecule has 4 heteroatoms. The van der Waals surface area contributed by atoms with Gasteiger partial charge >= 0.3 is 5.63 Å². The molecule has 0 aliphatic carbocycles. The Bertz CT molecular complexity index is 1040. The maximum atomic E-state index is 12.3. The van der Waals surface area contributed by atoms with Crippen molar-refractivity contribution in [1.82, 2.24) is 0 Å². The first-order valence-corrected chi connectivity index (χ1v) is 9.33. The summed E-state index contributed by atoms with van der Waals surface area (Å²) in [6.45, 7) is 2.14. The fraction of sp³-hybridized carbons (Fsp3) is 0.318. The van der Waals surface area contributed by atoms with Crippen molar-refractivity contribution in [3.05, 3.63) is 75.1 Å². The second kappa shape index (κ2) is 5.99. The standard InChI is InChI=1S/C22H21NO3/c24-19-13-17(21(25)14-6-2-1-3-7-14)18-12-15-8-4-10-23-11-5-9-16(20(15)23)22(18)26-19/h1-3,6-7,12-13,21,25H,4-5,8-11H2. The van der Waals surface area contributed by atoms with Crippen LogP contribution in [0.2, 0.25) is 0 Å². The van der Waals surface area contributed by atoms with Crippen LogP contribution in [-0.4, -0.2) is 18.2 Å². The first kappa shape index (κ1) is 15.6. The van der Waals surface area contributed by atoms with E-state index in [0.717, 1.165) is 55.3 Å². The molecule has 1 aromatic heterocycles. The van der Waals surface area contributed by atoms with E-state index in [1.54, 1.807) is 0 Å². The van der Waals surface area contributed by atoms with Gasteiger partial charge in [-0.05, 0) is 42.9 Å². The summed E-state index contributed by atoms with van der Waals surface area (Å²) in [6.07, 6.45) is 3.33. The largest absolute Gasteiger partial charge is 0.422 e. The minimum atomic E-state index is -0.837. The van der Waals surface area contributed by atoms with Crippen molar-refractivity contribution in [3.63, 3.8) is 0 Å². The summed E-state index contributed by atoms with van der Waals surface area (Å²) in [4.78, 5) is 14.7. The summed E-state index contributed by atoms with van der Waals surface area (Å²) in [7, 11) is 0. The molecule has 1 unspecified atom stereocenters. The molecule has 0 spiro atoms. The van der Waals surface area contributed by atoms with Crippen LogP contribution in [-0.2, 0) is 12.8 Å². The number of benzene rings is 2. The second-order valence-corrected chi connectivity index (χ2v) is 7.27. The normalized spacial score (nSPS) is 17.2. The lowest BCUT2D eigenvalue weighted by atomic mass is 9.88. The molecule has 1 atom stereocenters. The lowest BCUT2D eigenvalue weighted by Crippen LogP contribution is -2.34. The Hall–Kier alpha value is -2.59. The Balaban J connectivity index is 1.79. The SMILES string of the molecule is O=c1cc(C(O)c2ccccc2)c2cc3c4c(c2o1)CCCN4CCC3. The van der Waals surface area contributed by atoms with Crippen molar-refractivity contribution in [2.24, 2.45) is 0 Å². The highest BCUT2D eigenvalue weighted by atomic mass is 16.4. The van der Waals surface area contributed by atoms with Crippen LogP contribution in [0.4, 0.5) is 5.69 Å². The van der Waals surface area contributed by atoms with Gasteiger partial charge in [0.25, 0.3) is 0 Å². The summed E-state index contributed by atoms with van der Waals surface area (Å²) in [5, 5.41) is 11.8. The lowest BCUT2D eigenvalue weighted by molar-refractivity contribution is 0.221. The van der Waals surface area contributed by atoms with Crippen molar-refractivity contribution in [1.29, 1.82) is 0 Å². The van der Waals surface area contributed by atoms with Gasteiger partial charge in [-0.15, -0.1) is 0 Å². The number of hydrogen-bond acceptors (Lipinski definition) is 4. The molecule has 0 saturated heterocycles. The molecule has 0 amide bonds. The Morgan fingerprint density at radius 3 is 2.62 bits per heavy atom. The summed E-state index contributed by atoms with van der Waals surface area (Å²) in [6, 6.07) is 13.1. The highest BCUT2D eigenvalue weighted by Gasteiger charge is 2.28. The summed E-state index contributed by atoms with van der Waals surface area (Å²) in [5.74, 6) is 0. The van der Waals surface area contributed by atoms with Gasteiger partial charge < -0.3 is 14.4 Å². The molecule has 0 radical (unpaired) electrons. The molecule has 5 rings (SSSR count). The number of aliphatic hydroxyl groups excluding tert-OH is 1. The van der Waals surface area contributed by atoms with Gasteiger partial charge in [0.1, 0.15) is 11.7 Å². The fourth-order valence-corrected chi connectivity index (χ4v) is 4.54. The maximum absolute atomic E-state index is 12.3. The number of rotatable bonds is 2. The molecule has 1 N–H and O–H groups in total. The third-order valence-corrected chi connectivity index (χ3v) is 5.67. The van der Waals surface area contributed by atoms with E-state index < -0.39 is 11.7 Å². The van der Waals surface area contributed by atoms with Crippen LogP contribution in [0.5, 0.6) is 0 Å². The van der Waals surface area contributed by atoms with E-state index in [2.05, 4.69) is 11.0 Å². The zero-order valence-electron chi connectivity index (χ0n) is 14.6. The Morgan fingerprint density at radius 2 is 1.81 bits per heavy atom. The summed E-state index contributed by atoms with van der Waals surface area (Å²) < 4.78 is 5.67. The van der Waals surface area contributed by atoms with E-state index in [1.807, 2.05) is 30.3 Å². The number of aliphatic hydroxyl groups is 1. The van der Waals surface area contributed by atoms with E-state index in [0.29, 0.717) is 11.1 Å². The van der Waals surface area contributed by atoms with Crippen LogP contribution in [0, 0.1) is 0 Å². The van der Waals surface area contributed by atoms with Crippen LogP contribution in [0.1, 0.15) is 41.2 Å². The number of fused-ring (bicyclic) bond motifs is 2. The third-order valence-electron chi connectivity index (χ3n) is 5.67. The molecule has 3 heterocycles. The molecule has 4 nitrogen and oxygen atoms in total. The molecule has 2 aliphatic rings. The molecule has 0 bridgehead atoms. The van der Waals surface area contributed by atoms with Gasteiger partial charge in [-0.1, -0.05) is 30.3 Å². The van der Waals surface area contributed by atoms with Crippen LogP contribution < -0.4 is 10.5 Å². The molecular formula is C22H21NO3. The van der Waals surface area contributed by atoms with Gasteiger partial charge in [0.15, 0.2) is 0 Å². The average molecular weight is 347 g/mol. The van der Waals surface area contributed by atoms with Crippen LogP contribution in [0.25, 0.3) is 11.0 Å². The topological polar surface area (TPSA) is 53.7 Å². The maximum Gasteiger partial charge on any atom is 0.336 e. The first-order chi connectivity index (χ1) is 12.7. The third kappa shape index (κ3) is 2.36. The number of nitrogens with zero attached hydrogens (tertiary/aromatic N) is 1. The summed E-state index contributed by atoms with van der Waals surface area (Å²) in [5.41, 5.74) is 5.41. The van der Waals surface area contributed by atoms with Crippen LogP contribution in [0.3, 0.4) is 0 Å². The Morgan fingerprint density at radius 1 is 1.04 bits per heavy atom. The van der Waals surface area contributed by atoms with E-state index in [1.165, 1.54) is 17.3 Å². The van der Waals surface area contributed by atoms with Crippen molar-refractivity contribution in [3.8, 4) is 0 Å². The molecule has 0 saturated carbocycles. The highest BCUT2D eigenvalue weighted by Crippen LogP contribution is 2.41. The quantitative estimate of drug-likeness (QED) is 0.720. The smallest absolute Gasteiger partial charge is 0.336 e. The zero-order valence-corrected chi connectivity index (χ0v) is 14.6. The van der Waals surface area contributed by atoms with Gasteiger partial charge in [0.05, 0.1) is 0 Å². The molecule has 0 fully saturated rings. The van der Waals surface area contributed by atoms with Gasteiger partial charge in [0, 0.05) is 41.4 Å². The minimum Gasteiger partial charge on any atom is -0.422 e. The molecule has 26 heavy (non-hydrogen) atoms. The van der Waals surface area contributed by atoms with Crippen LogP contribution >= 0.6 is 0 Å². The predicted molar refractivity (Wildman–Crippen MR) is 102 cm³/mol. The molecule has 2 aliphatic heterocycles. The second-order valence-electron chi connectivity index (χ2n) is 7.27. The first-order valence-electron chi connectivity index (χ1n) is 9.33. The molecule has 2 aromatic carbocycles. The van der Waals surface area contributed by atoms with Crippen molar-refractivity contribution in [2.75, 3.05) is 18.0 Å². The molecule has 3 aromatic rings. The Labute approximate surface area is 151 Å². The molecular weight excluding hydrogens is 326 g/mol. The highest BCUT2D eigenvalue weighted by molar-refractivity contribution is 5.91. The van der Waals surface area contributed by atoms with E-state index >= 15 is 0 Å². The van der Waals surface area contributed by atoms with Gasteiger partial charge in [0.2, 0.25) is 0 Å². The fourth-order valence-electron chi connectivity index (χ4n) is 4.54. The van der Waals surface area contributed by atoms with Crippen molar-refractivity contribution in [2.45, 2.75) is 31.8 Å². The van der Waals surface area contributed by atoms with Crippen molar-refractivity contribution < 1.29 is 9.52 Å². The van der Waals surface area contributed by atoms with Gasteiger partial charge in [-0.25, -0.2) is 4.79 Å². The predicted octanol–water partition coefficient (Wildman–Crippen LogP) is 3.57.